The predicted molar refractivity (Wildman–Crippen MR) is 67.9 cm³/mol. The van der Waals surface area contributed by atoms with Crippen molar-refractivity contribution >= 4 is 28.4 Å². The number of anilines is 1. The lowest BCUT2D eigenvalue weighted by atomic mass is 10.3. The monoisotopic (exact) mass is 264 g/mol. The van der Waals surface area contributed by atoms with Gasteiger partial charge in [-0.3, -0.25) is 4.98 Å². The van der Waals surface area contributed by atoms with Crippen molar-refractivity contribution in [2.45, 2.75) is 6.92 Å². The molecule has 0 atom stereocenters. The fourth-order valence-electron chi connectivity index (χ4n) is 1.36. The summed E-state index contributed by atoms with van der Waals surface area (Å²) in [6.45, 7) is 1.95. The van der Waals surface area contributed by atoms with E-state index in [0.717, 1.165) is 15.3 Å². The van der Waals surface area contributed by atoms with Crippen LogP contribution in [0.25, 0.3) is 21.5 Å². The first-order chi connectivity index (χ1) is 8.25. The third-order valence-electron chi connectivity index (χ3n) is 2.30. The zero-order valence-corrected chi connectivity index (χ0v) is 10.5. The lowest BCUT2D eigenvalue weighted by Gasteiger charge is -1.91. The van der Waals surface area contributed by atoms with E-state index in [9.17, 15) is 0 Å². The van der Waals surface area contributed by atoms with Gasteiger partial charge in [0.15, 0.2) is 0 Å². The molecule has 0 amide bonds. The molecule has 86 valence electrons. The first kappa shape index (κ1) is 10.4. The summed E-state index contributed by atoms with van der Waals surface area (Å²) in [4.78, 5) is 10.0. The van der Waals surface area contributed by atoms with Gasteiger partial charge in [0.05, 0.1) is 16.1 Å². The molecule has 0 radical (unpaired) electrons. The van der Waals surface area contributed by atoms with Crippen LogP contribution in [0.5, 0.6) is 0 Å². The van der Waals surface area contributed by atoms with Crippen molar-refractivity contribution < 1.29 is 4.52 Å². The van der Waals surface area contributed by atoms with Crippen LogP contribution < -0.4 is 5.73 Å². The summed E-state index contributed by atoms with van der Waals surface area (Å²) in [7, 11) is 0. The summed E-state index contributed by atoms with van der Waals surface area (Å²) in [5.41, 5.74) is 9.40. The molecule has 0 saturated heterocycles. The van der Waals surface area contributed by atoms with Gasteiger partial charge in [-0.15, -0.1) is 22.7 Å². The van der Waals surface area contributed by atoms with Gasteiger partial charge in [-0.25, -0.2) is 0 Å². The zero-order valence-electron chi connectivity index (χ0n) is 8.88. The lowest BCUT2D eigenvalue weighted by molar-refractivity contribution is 0.433. The smallest absolute Gasteiger partial charge is 0.270 e. The molecular formula is C10H8N4OS2. The molecule has 0 bridgehead atoms. The van der Waals surface area contributed by atoms with Crippen LogP contribution in [0.4, 0.5) is 5.69 Å². The largest absolute Gasteiger partial charge is 0.397 e. The summed E-state index contributed by atoms with van der Waals surface area (Å²) >= 11 is 2.98. The number of hydrogen-bond donors (Lipinski definition) is 1. The number of nitrogen functional groups attached to an aromatic ring is 1. The van der Waals surface area contributed by atoms with E-state index in [1.54, 1.807) is 11.7 Å². The van der Waals surface area contributed by atoms with Gasteiger partial charge in [0, 0.05) is 6.20 Å². The molecule has 3 aromatic rings. The van der Waals surface area contributed by atoms with E-state index in [1.165, 1.54) is 22.7 Å². The van der Waals surface area contributed by atoms with E-state index in [1.807, 2.05) is 12.3 Å². The summed E-state index contributed by atoms with van der Waals surface area (Å²) in [5, 5.41) is 5.89. The van der Waals surface area contributed by atoms with Gasteiger partial charge in [0.1, 0.15) is 4.88 Å². The summed E-state index contributed by atoms with van der Waals surface area (Å²) < 4.78 is 5.22. The van der Waals surface area contributed by atoms with Crippen LogP contribution in [-0.2, 0) is 0 Å². The van der Waals surface area contributed by atoms with Crippen LogP contribution in [0.1, 0.15) is 5.56 Å². The van der Waals surface area contributed by atoms with Crippen molar-refractivity contribution in [3.63, 3.8) is 0 Å². The zero-order chi connectivity index (χ0) is 11.8. The number of rotatable bonds is 2. The highest BCUT2D eigenvalue weighted by molar-refractivity contribution is 7.14. The predicted octanol–water partition coefficient (Wildman–Crippen LogP) is 2.81. The molecule has 17 heavy (non-hydrogen) atoms. The maximum atomic E-state index is 5.94. The van der Waals surface area contributed by atoms with Crippen molar-refractivity contribution in [1.29, 1.82) is 0 Å². The van der Waals surface area contributed by atoms with Gasteiger partial charge in [-0.1, -0.05) is 5.16 Å². The number of aromatic nitrogens is 3. The van der Waals surface area contributed by atoms with Crippen molar-refractivity contribution in [3.05, 3.63) is 22.7 Å². The molecule has 0 aliphatic heterocycles. The average Bonchev–Trinajstić information content (AvgIpc) is 3.01. The van der Waals surface area contributed by atoms with E-state index >= 15 is 0 Å². The second kappa shape index (κ2) is 3.94. The minimum Gasteiger partial charge on any atom is -0.397 e. The molecule has 2 N–H and O–H groups in total. The second-order valence-electron chi connectivity index (χ2n) is 3.45. The average molecular weight is 264 g/mol. The van der Waals surface area contributed by atoms with Crippen LogP contribution >= 0.6 is 22.7 Å². The van der Waals surface area contributed by atoms with Crippen molar-refractivity contribution in [2.24, 2.45) is 0 Å². The highest BCUT2D eigenvalue weighted by Gasteiger charge is 2.16. The first-order valence-electron chi connectivity index (χ1n) is 4.82. The Hall–Kier alpha value is -1.73. The van der Waals surface area contributed by atoms with Crippen LogP contribution in [0.3, 0.4) is 0 Å². The molecule has 3 aromatic heterocycles. The Morgan fingerprint density at radius 2 is 2.24 bits per heavy atom. The molecule has 0 unspecified atom stereocenters. The van der Waals surface area contributed by atoms with Gasteiger partial charge in [0.25, 0.3) is 5.89 Å². The molecule has 0 saturated carbocycles. The van der Waals surface area contributed by atoms with E-state index in [4.69, 9.17) is 10.3 Å². The first-order valence-corrected chi connectivity index (χ1v) is 6.58. The number of thiazole rings is 1. The Bertz CT molecular complexity index is 641. The van der Waals surface area contributed by atoms with Crippen molar-refractivity contribution in [2.75, 3.05) is 5.73 Å². The van der Waals surface area contributed by atoms with Gasteiger partial charge in [-0.2, -0.15) is 4.98 Å². The molecule has 3 rings (SSSR count). The maximum absolute atomic E-state index is 5.94. The normalized spacial score (nSPS) is 10.9. The van der Waals surface area contributed by atoms with Crippen LogP contribution in [0, 0.1) is 6.92 Å². The number of nitrogens with zero attached hydrogens (tertiary/aromatic N) is 3. The molecule has 0 aromatic carbocycles. The standard InChI is InChI=1S/C10H8N4OS2/c1-5-3-16-8(7(5)11)10-13-9(14-15-10)6-2-12-4-17-6/h2-4H,11H2,1H3. The topological polar surface area (TPSA) is 77.8 Å². The Balaban J connectivity index is 2.04. The summed E-state index contributed by atoms with van der Waals surface area (Å²) in [6, 6.07) is 0. The van der Waals surface area contributed by atoms with Crippen LogP contribution in [0.15, 0.2) is 21.6 Å². The third-order valence-corrected chi connectivity index (χ3v) is 4.17. The Labute approximate surface area is 105 Å². The van der Waals surface area contributed by atoms with E-state index in [2.05, 4.69) is 15.1 Å². The minimum atomic E-state index is 0.462. The lowest BCUT2D eigenvalue weighted by Crippen LogP contribution is -1.87. The SMILES string of the molecule is Cc1csc(-c2nc(-c3cncs3)no2)c1N. The van der Waals surface area contributed by atoms with Gasteiger partial charge in [0.2, 0.25) is 5.82 Å². The molecule has 0 fully saturated rings. The summed E-state index contributed by atoms with van der Waals surface area (Å²) in [5.74, 6) is 1.01. The van der Waals surface area contributed by atoms with Gasteiger partial charge >= 0.3 is 0 Å². The molecule has 0 aliphatic rings. The summed E-state index contributed by atoms with van der Waals surface area (Å²) in [6.07, 6.45) is 1.71. The highest BCUT2D eigenvalue weighted by Crippen LogP contribution is 2.34. The van der Waals surface area contributed by atoms with Crippen LogP contribution in [0.2, 0.25) is 0 Å². The number of nitrogens with two attached hydrogens (primary N) is 1. The second-order valence-corrected chi connectivity index (χ2v) is 5.22. The van der Waals surface area contributed by atoms with Gasteiger partial charge < -0.3 is 10.3 Å². The van der Waals surface area contributed by atoms with Crippen LogP contribution in [-0.4, -0.2) is 15.1 Å². The molecule has 7 heteroatoms. The molecule has 0 aliphatic carbocycles. The molecule has 0 spiro atoms. The third kappa shape index (κ3) is 1.73. The van der Waals surface area contributed by atoms with E-state index < -0.39 is 0 Å². The van der Waals surface area contributed by atoms with E-state index in [0.29, 0.717) is 17.4 Å². The van der Waals surface area contributed by atoms with Crippen molar-refractivity contribution in [1.82, 2.24) is 15.1 Å². The Kier molecular flexibility index (Phi) is 2.41. The molecular weight excluding hydrogens is 256 g/mol. The fraction of sp³-hybridized carbons (Fsp3) is 0.100. The number of hydrogen-bond acceptors (Lipinski definition) is 7. The number of thiophene rings is 1. The van der Waals surface area contributed by atoms with Crippen molar-refractivity contribution in [3.8, 4) is 21.5 Å². The minimum absolute atomic E-state index is 0.462. The Morgan fingerprint density at radius 3 is 2.88 bits per heavy atom. The fourth-order valence-corrected chi connectivity index (χ4v) is 2.80. The van der Waals surface area contributed by atoms with Gasteiger partial charge in [-0.05, 0) is 17.9 Å². The quantitative estimate of drug-likeness (QED) is 0.770. The molecule has 3 heterocycles. The molecule has 5 nitrogen and oxygen atoms in total. The maximum Gasteiger partial charge on any atom is 0.270 e. The number of aryl methyl sites for hydroxylation is 1. The van der Waals surface area contributed by atoms with E-state index in [-0.39, 0.29) is 0 Å². The highest BCUT2D eigenvalue weighted by atomic mass is 32.1. The Morgan fingerprint density at radius 1 is 1.35 bits per heavy atom.